The number of amides is 3. The molecule has 2 aromatic carbocycles. The molecular formula is C20H20ClN3O3S. The van der Waals surface area contributed by atoms with Crippen LogP contribution in [0.4, 0.5) is 17.1 Å². The number of nitrogens with one attached hydrogen (secondary N) is 2. The molecule has 1 fully saturated rings. The van der Waals surface area contributed by atoms with Crippen molar-refractivity contribution in [3.05, 3.63) is 53.6 Å². The normalized spacial score (nSPS) is 13.5. The molecule has 0 atom stereocenters. The standard InChI is InChI=1S/C20H20ClN3O3S/c21-14-3-5-15(6-4-14)22-18(25)12-28-13-19(26)23-16-7-9-17(10-8-16)24-11-1-2-20(24)27/h3-10H,1-2,11-13H2,(H,22,25)(H,23,26). The Labute approximate surface area is 172 Å². The molecule has 0 aromatic heterocycles. The second-order valence-corrected chi connectivity index (χ2v) is 7.71. The van der Waals surface area contributed by atoms with Crippen LogP contribution in [-0.4, -0.2) is 35.8 Å². The first kappa shape index (κ1) is 20.2. The molecule has 8 heteroatoms. The van der Waals surface area contributed by atoms with Crippen molar-refractivity contribution in [1.82, 2.24) is 0 Å². The number of halogens is 1. The van der Waals surface area contributed by atoms with Gasteiger partial charge in [-0.2, -0.15) is 0 Å². The Morgan fingerprint density at radius 3 is 1.96 bits per heavy atom. The summed E-state index contributed by atoms with van der Waals surface area (Å²) in [6, 6.07) is 14.0. The Morgan fingerprint density at radius 2 is 1.46 bits per heavy atom. The Morgan fingerprint density at radius 1 is 0.929 bits per heavy atom. The van der Waals surface area contributed by atoms with E-state index >= 15 is 0 Å². The Hall–Kier alpha value is -2.51. The molecule has 0 spiro atoms. The van der Waals surface area contributed by atoms with E-state index < -0.39 is 0 Å². The zero-order valence-electron chi connectivity index (χ0n) is 15.1. The highest BCUT2D eigenvalue weighted by Crippen LogP contribution is 2.23. The highest BCUT2D eigenvalue weighted by atomic mass is 35.5. The van der Waals surface area contributed by atoms with Crippen molar-refractivity contribution in [3.63, 3.8) is 0 Å². The number of hydrogen-bond donors (Lipinski definition) is 2. The lowest BCUT2D eigenvalue weighted by Crippen LogP contribution is -2.23. The third kappa shape index (κ3) is 5.74. The molecule has 3 rings (SSSR count). The first-order valence-corrected chi connectivity index (χ1v) is 10.4. The predicted molar refractivity (Wildman–Crippen MR) is 114 cm³/mol. The van der Waals surface area contributed by atoms with Crippen LogP contribution in [0.25, 0.3) is 0 Å². The molecule has 0 bridgehead atoms. The average molecular weight is 418 g/mol. The molecule has 146 valence electrons. The molecule has 1 aliphatic heterocycles. The van der Waals surface area contributed by atoms with Crippen LogP contribution >= 0.6 is 23.4 Å². The Balaban J connectivity index is 1.39. The lowest BCUT2D eigenvalue weighted by Gasteiger charge is -2.16. The van der Waals surface area contributed by atoms with Gasteiger partial charge in [-0.3, -0.25) is 14.4 Å². The Kier molecular flexibility index (Phi) is 6.95. The third-order valence-corrected chi connectivity index (χ3v) is 5.32. The van der Waals surface area contributed by atoms with E-state index in [1.807, 2.05) is 12.1 Å². The number of thioether (sulfide) groups is 1. The van der Waals surface area contributed by atoms with Crippen LogP contribution in [0.1, 0.15) is 12.8 Å². The van der Waals surface area contributed by atoms with Crippen molar-refractivity contribution in [2.75, 3.05) is 33.6 Å². The summed E-state index contributed by atoms with van der Waals surface area (Å²) >= 11 is 7.03. The number of hydrogen-bond acceptors (Lipinski definition) is 4. The summed E-state index contributed by atoms with van der Waals surface area (Å²) in [5.74, 6) is 0.103. The molecular weight excluding hydrogens is 398 g/mol. The van der Waals surface area contributed by atoms with Crippen molar-refractivity contribution >= 4 is 58.1 Å². The monoisotopic (exact) mass is 417 g/mol. The molecule has 0 aliphatic carbocycles. The van der Waals surface area contributed by atoms with E-state index in [0.717, 1.165) is 18.7 Å². The molecule has 6 nitrogen and oxygen atoms in total. The van der Waals surface area contributed by atoms with Crippen LogP contribution in [0.2, 0.25) is 5.02 Å². The molecule has 2 N–H and O–H groups in total. The van der Waals surface area contributed by atoms with E-state index in [4.69, 9.17) is 11.6 Å². The predicted octanol–water partition coefficient (Wildman–Crippen LogP) is 3.78. The molecule has 1 aliphatic rings. The van der Waals surface area contributed by atoms with Crippen LogP contribution in [0, 0.1) is 0 Å². The maximum Gasteiger partial charge on any atom is 0.234 e. The molecule has 0 unspecified atom stereocenters. The van der Waals surface area contributed by atoms with Crippen LogP contribution < -0.4 is 15.5 Å². The lowest BCUT2D eigenvalue weighted by molar-refractivity contribution is -0.117. The number of nitrogens with zero attached hydrogens (tertiary/aromatic N) is 1. The molecule has 0 radical (unpaired) electrons. The first-order valence-electron chi connectivity index (χ1n) is 8.85. The molecule has 28 heavy (non-hydrogen) atoms. The summed E-state index contributed by atoms with van der Waals surface area (Å²) in [7, 11) is 0. The van der Waals surface area contributed by atoms with Gasteiger partial charge in [0, 0.05) is 35.1 Å². The second kappa shape index (κ2) is 9.61. The van der Waals surface area contributed by atoms with Gasteiger partial charge >= 0.3 is 0 Å². The van der Waals surface area contributed by atoms with Crippen molar-refractivity contribution in [2.24, 2.45) is 0 Å². The summed E-state index contributed by atoms with van der Waals surface area (Å²) in [5, 5.41) is 6.14. The van der Waals surface area contributed by atoms with Gasteiger partial charge in [0.15, 0.2) is 0 Å². The van der Waals surface area contributed by atoms with Gasteiger partial charge in [0.2, 0.25) is 17.7 Å². The highest BCUT2D eigenvalue weighted by molar-refractivity contribution is 8.00. The molecule has 2 aromatic rings. The zero-order valence-corrected chi connectivity index (χ0v) is 16.7. The van der Waals surface area contributed by atoms with E-state index in [1.165, 1.54) is 11.8 Å². The number of carbonyl (C=O) groups is 3. The summed E-state index contributed by atoms with van der Waals surface area (Å²) in [6.07, 6.45) is 1.46. The SMILES string of the molecule is O=C(CSCC(=O)Nc1ccc(N2CCCC2=O)cc1)Nc1ccc(Cl)cc1. The lowest BCUT2D eigenvalue weighted by atomic mass is 10.2. The van der Waals surface area contributed by atoms with E-state index in [9.17, 15) is 14.4 Å². The van der Waals surface area contributed by atoms with Crippen molar-refractivity contribution in [3.8, 4) is 0 Å². The summed E-state index contributed by atoms with van der Waals surface area (Å²) < 4.78 is 0. The first-order chi connectivity index (χ1) is 13.5. The van der Waals surface area contributed by atoms with Crippen molar-refractivity contribution in [1.29, 1.82) is 0 Å². The van der Waals surface area contributed by atoms with Crippen LogP contribution in [0.5, 0.6) is 0 Å². The topological polar surface area (TPSA) is 78.5 Å². The van der Waals surface area contributed by atoms with Gasteiger partial charge in [-0.15, -0.1) is 11.8 Å². The minimum Gasteiger partial charge on any atom is -0.325 e. The number of benzene rings is 2. The maximum atomic E-state index is 12.0. The van der Waals surface area contributed by atoms with E-state index in [1.54, 1.807) is 41.3 Å². The smallest absolute Gasteiger partial charge is 0.234 e. The molecule has 3 amide bonds. The Bertz CT molecular complexity index is 856. The number of rotatable bonds is 7. The van der Waals surface area contributed by atoms with Crippen LogP contribution in [0.3, 0.4) is 0 Å². The molecule has 1 heterocycles. The summed E-state index contributed by atoms with van der Waals surface area (Å²) in [6.45, 7) is 0.735. The fourth-order valence-corrected chi connectivity index (χ4v) is 3.55. The molecule has 0 saturated carbocycles. The minimum atomic E-state index is -0.186. The average Bonchev–Trinajstić information content (AvgIpc) is 3.10. The van der Waals surface area contributed by atoms with Gasteiger partial charge in [0.05, 0.1) is 11.5 Å². The van der Waals surface area contributed by atoms with Crippen molar-refractivity contribution < 1.29 is 14.4 Å². The fourth-order valence-electron chi connectivity index (χ4n) is 2.81. The highest BCUT2D eigenvalue weighted by Gasteiger charge is 2.21. The van der Waals surface area contributed by atoms with Crippen molar-refractivity contribution in [2.45, 2.75) is 12.8 Å². The molecule has 1 saturated heterocycles. The van der Waals surface area contributed by atoms with Gasteiger partial charge in [-0.05, 0) is 55.0 Å². The number of anilines is 3. The van der Waals surface area contributed by atoms with Gasteiger partial charge in [-0.1, -0.05) is 11.6 Å². The summed E-state index contributed by atoms with van der Waals surface area (Å²) in [4.78, 5) is 37.4. The fraction of sp³-hybridized carbons (Fsp3) is 0.250. The summed E-state index contributed by atoms with van der Waals surface area (Å²) in [5.41, 5.74) is 2.16. The van der Waals surface area contributed by atoms with Crippen LogP contribution in [0.15, 0.2) is 48.5 Å². The van der Waals surface area contributed by atoms with Gasteiger partial charge in [0.1, 0.15) is 0 Å². The van der Waals surface area contributed by atoms with Gasteiger partial charge < -0.3 is 15.5 Å². The number of carbonyl (C=O) groups excluding carboxylic acids is 3. The van der Waals surface area contributed by atoms with Crippen LogP contribution in [-0.2, 0) is 14.4 Å². The zero-order chi connectivity index (χ0) is 19.9. The van der Waals surface area contributed by atoms with E-state index in [2.05, 4.69) is 10.6 Å². The quantitative estimate of drug-likeness (QED) is 0.718. The minimum absolute atomic E-state index is 0.130. The van der Waals surface area contributed by atoms with Gasteiger partial charge in [0.25, 0.3) is 0 Å². The second-order valence-electron chi connectivity index (χ2n) is 6.29. The van der Waals surface area contributed by atoms with Gasteiger partial charge in [-0.25, -0.2) is 0 Å². The van der Waals surface area contributed by atoms with E-state index in [-0.39, 0.29) is 29.2 Å². The largest absolute Gasteiger partial charge is 0.325 e. The van der Waals surface area contributed by atoms with E-state index in [0.29, 0.717) is 22.8 Å². The third-order valence-electron chi connectivity index (χ3n) is 4.13. The maximum absolute atomic E-state index is 12.0.